The van der Waals surface area contributed by atoms with Gasteiger partial charge in [-0.2, -0.15) is 0 Å². The Bertz CT molecular complexity index is 371. The zero-order valence-electron chi connectivity index (χ0n) is 9.64. The highest BCUT2D eigenvalue weighted by Crippen LogP contribution is 2.25. The topological polar surface area (TPSA) is 54.8 Å². The number of rotatable bonds is 3. The first kappa shape index (κ1) is 13.3. The second kappa shape index (κ2) is 5.56. The molecule has 1 aliphatic carbocycles. The van der Waals surface area contributed by atoms with Gasteiger partial charge in [0, 0.05) is 13.1 Å². The summed E-state index contributed by atoms with van der Waals surface area (Å²) in [7, 11) is 1.99. The molecule has 1 aliphatic rings. The average Bonchev–Trinajstić information content (AvgIpc) is 2.99. The minimum absolute atomic E-state index is 0. The molecule has 2 rings (SSSR count). The van der Waals surface area contributed by atoms with E-state index in [0.717, 1.165) is 11.3 Å². The van der Waals surface area contributed by atoms with Gasteiger partial charge >= 0.3 is 0 Å². The van der Waals surface area contributed by atoms with E-state index in [4.69, 9.17) is 10.2 Å². The third kappa shape index (κ3) is 3.13. The molecular formula is C11H18IN3O. The third-order valence-corrected chi connectivity index (χ3v) is 2.81. The van der Waals surface area contributed by atoms with Crippen LogP contribution in [0, 0.1) is 6.92 Å². The molecule has 0 saturated heterocycles. The fourth-order valence-electron chi connectivity index (χ4n) is 1.48. The highest BCUT2D eigenvalue weighted by atomic mass is 127. The lowest BCUT2D eigenvalue weighted by molar-refractivity contribution is 0.479. The molecule has 0 atom stereocenters. The van der Waals surface area contributed by atoms with Gasteiger partial charge in [-0.1, -0.05) is 0 Å². The van der Waals surface area contributed by atoms with E-state index in [1.54, 1.807) is 6.26 Å². The summed E-state index contributed by atoms with van der Waals surface area (Å²) in [5, 5.41) is 0. The zero-order chi connectivity index (χ0) is 10.8. The average molecular weight is 335 g/mol. The van der Waals surface area contributed by atoms with Gasteiger partial charge in [-0.25, -0.2) is 4.99 Å². The van der Waals surface area contributed by atoms with Crippen molar-refractivity contribution >= 4 is 29.9 Å². The van der Waals surface area contributed by atoms with E-state index in [0.29, 0.717) is 18.5 Å². The maximum Gasteiger partial charge on any atom is 0.191 e. The van der Waals surface area contributed by atoms with Gasteiger partial charge in [0.05, 0.1) is 6.26 Å². The van der Waals surface area contributed by atoms with E-state index < -0.39 is 0 Å². The number of guanidine groups is 1. The van der Waals surface area contributed by atoms with Crippen LogP contribution in [-0.4, -0.2) is 23.9 Å². The van der Waals surface area contributed by atoms with E-state index in [-0.39, 0.29) is 24.0 Å². The van der Waals surface area contributed by atoms with Gasteiger partial charge in [-0.3, -0.25) is 0 Å². The van der Waals surface area contributed by atoms with Crippen molar-refractivity contribution in [2.24, 2.45) is 10.7 Å². The molecule has 1 saturated carbocycles. The molecule has 1 fully saturated rings. The Morgan fingerprint density at radius 3 is 2.81 bits per heavy atom. The molecule has 90 valence electrons. The molecule has 1 aromatic heterocycles. The summed E-state index contributed by atoms with van der Waals surface area (Å²) < 4.78 is 5.29. The van der Waals surface area contributed by atoms with Crippen LogP contribution >= 0.6 is 24.0 Å². The molecule has 4 nitrogen and oxygen atoms in total. The highest BCUT2D eigenvalue weighted by molar-refractivity contribution is 14.0. The Balaban J connectivity index is 0.00000128. The van der Waals surface area contributed by atoms with Crippen LogP contribution in [0.3, 0.4) is 0 Å². The largest absolute Gasteiger partial charge is 0.467 e. The number of halogens is 1. The molecule has 0 radical (unpaired) electrons. The van der Waals surface area contributed by atoms with Gasteiger partial charge in [0.1, 0.15) is 12.3 Å². The first-order valence-electron chi connectivity index (χ1n) is 5.24. The van der Waals surface area contributed by atoms with Gasteiger partial charge < -0.3 is 15.1 Å². The molecule has 0 bridgehead atoms. The predicted molar refractivity (Wildman–Crippen MR) is 75.0 cm³/mol. The van der Waals surface area contributed by atoms with Crippen LogP contribution in [0.5, 0.6) is 0 Å². The molecule has 16 heavy (non-hydrogen) atoms. The fraction of sp³-hybridized carbons (Fsp3) is 0.545. The van der Waals surface area contributed by atoms with Gasteiger partial charge in [0.2, 0.25) is 0 Å². The summed E-state index contributed by atoms with van der Waals surface area (Å²) in [6, 6.07) is 2.54. The summed E-state index contributed by atoms with van der Waals surface area (Å²) in [6.07, 6.45) is 4.14. The van der Waals surface area contributed by atoms with Crippen molar-refractivity contribution in [3.05, 3.63) is 23.7 Å². The molecule has 2 N–H and O–H groups in total. The Labute approximate surface area is 113 Å². The highest BCUT2D eigenvalue weighted by Gasteiger charge is 2.27. The number of hydrogen-bond acceptors (Lipinski definition) is 2. The van der Waals surface area contributed by atoms with Crippen LogP contribution in [-0.2, 0) is 6.54 Å². The zero-order valence-corrected chi connectivity index (χ0v) is 12.0. The van der Waals surface area contributed by atoms with Crippen molar-refractivity contribution in [2.45, 2.75) is 32.4 Å². The Kier molecular flexibility index (Phi) is 4.64. The van der Waals surface area contributed by atoms with Crippen LogP contribution in [0.15, 0.2) is 21.7 Å². The number of nitrogens with zero attached hydrogens (tertiary/aromatic N) is 2. The molecule has 0 amide bonds. The van der Waals surface area contributed by atoms with Crippen molar-refractivity contribution in [2.75, 3.05) is 7.05 Å². The first-order valence-corrected chi connectivity index (χ1v) is 5.24. The summed E-state index contributed by atoms with van der Waals surface area (Å²) in [4.78, 5) is 6.36. The van der Waals surface area contributed by atoms with E-state index in [9.17, 15) is 0 Å². The minimum atomic E-state index is 0. The van der Waals surface area contributed by atoms with Crippen molar-refractivity contribution < 1.29 is 4.42 Å². The van der Waals surface area contributed by atoms with Crippen molar-refractivity contribution in [3.8, 4) is 0 Å². The van der Waals surface area contributed by atoms with Crippen LogP contribution < -0.4 is 5.73 Å². The Morgan fingerprint density at radius 2 is 2.31 bits per heavy atom. The van der Waals surface area contributed by atoms with Crippen LogP contribution in [0.4, 0.5) is 0 Å². The number of nitrogens with two attached hydrogens (primary N) is 1. The second-order valence-electron chi connectivity index (χ2n) is 4.04. The van der Waals surface area contributed by atoms with Crippen LogP contribution in [0.2, 0.25) is 0 Å². The SMILES string of the molecule is Cc1ccoc1CN=C(N)N(C)C1CC1.I. The quantitative estimate of drug-likeness (QED) is 0.523. The first-order chi connectivity index (χ1) is 7.18. The second-order valence-corrected chi connectivity index (χ2v) is 4.04. The van der Waals surface area contributed by atoms with Crippen LogP contribution in [0.25, 0.3) is 0 Å². The van der Waals surface area contributed by atoms with E-state index in [1.807, 2.05) is 24.9 Å². The van der Waals surface area contributed by atoms with Gasteiger partial charge in [0.15, 0.2) is 5.96 Å². The Morgan fingerprint density at radius 1 is 1.62 bits per heavy atom. The maximum atomic E-state index is 5.86. The number of hydrogen-bond donors (Lipinski definition) is 1. The number of aryl methyl sites for hydroxylation is 1. The van der Waals surface area contributed by atoms with E-state index >= 15 is 0 Å². The molecule has 0 spiro atoms. The van der Waals surface area contributed by atoms with Crippen molar-refractivity contribution in [1.29, 1.82) is 0 Å². The van der Waals surface area contributed by atoms with Gasteiger partial charge in [0.25, 0.3) is 0 Å². The normalized spacial score (nSPS) is 15.8. The molecule has 0 aliphatic heterocycles. The monoisotopic (exact) mass is 335 g/mol. The van der Waals surface area contributed by atoms with Gasteiger partial charge in [-0.05, 0) is 31.4 Å². The summed E-state index contributed by atoms with van der Waals surface area (Å²) in [5.41, 5.74) is 6.98. The lowest BCUT2D eigenvalue weighted by Crippen LogP contribution is -2.35. The minimum Gasteiger partial charge on any atom is -0.467 e. The third-order valence-electron chi connectivity index (χ3n) is 2.81. The molecular weight excluding hydrogens is 317 g/mol. The maximum absolute atomic E-state index is 5.86. The van der Waals surface area contributed by atoms with Crippen molar-refractivity contribution in [3.63, 3.8) is 0 Å². The summed E-state index contributed by atoms with van der Waals surface area (Å²) in [6.45, 7) is 2.54. The van der Waals surface area contributed by atoms with E-state index in [1.165, 1.54) is 12.8 Å². The summed E-state index contributed by atoms with van der Waals surface area (Å²) >= 11 is 0. The Hall–Kier alpha value is -0.720. The van der Waals surface area contributed by atoms with Gasteiger partial charge in [-0.15, -0.1) is 24.0 Å². The van der Waals surface area contributed by atoms with E-state index in [2.05, 4.69) is 4.99 Å². The molecule has 1 aromatic rings. The summed E-state index contributed by atoms with van der Waals surface area (Å²) in [5.74, 6) is 1.50. The predicted octanol–water partition coefficient (Wildman–Crippen LogP) is 2.11. The lowest BCUT2D eigenvalue weighted by atomic mass is 10.3. The smallest absolute Gasteiger partial charge is 0.191 e. The number of aliphatic imine (C=N–C) groups is 1. The molecule has 0 unspecified atom stereocenters. The van der Waals surface area contributed by atoms with Crippen LogP contribution in [0.1, 0.15) is 24.2 Å². The molecule has 5 heteroatoms. The van der Waals surface area contributed by atoms with Crippen molar-refractivity contribution in [1.82, 2.24) is 4.90 Å². The lowest BCUT2D eigenvalue weighted by Gasteiger charge is -2.16. The standard InChI is InChI=1S/C11H17N3O.HI/c1-8-5-6-15-10(8)7-13-11(12)14(2)9-3-4-9;/h5-6,9H,3-4,7H2,1-2H3,(H2,12,13);1H. The fourth-order valence-corrected chi connectivity index (χ4v) is 1.48. The number of furan rings is 1. The molecule has 0 aromatic carbocycles. The molecule has 1 heterocycles.